The van der Waals surface area contributed by atoms with Gasteiger partial charge in [0.25, 0.3) is 0 Å². The predicted molar refractivity (Wildman–Crippen MR) is 98.0 cm³/mol. The van der Waals surface area contributed by atoms with Crippen LogP contribution in [0.3, 0.4) is 0 Å². The Morgan fingerprint density at radius 2 is 2.15 bits per heavy atom. The molecule has 1 aliphatic heterocycles. The van der Waals surface area contributed by atoms with Crippen LogP contribution in [-0.2, 0) is 22.6 Å². The summed E-state index contributed by atoms with van der Waals surface area (Å²) >= 11 is 0. The van der Waals surface area contributed by atoms with Gasteiger partial charge in [0.15, 0.2) is 0 Å². The molecule has 144 valence electrons. The molecule has 1 atom stereocenters. The maximum atomic E-state index is 14.1. The van der Waals surface area contributed by atoms with Crippen LogP contribution in [0.5, 0.6) is 0 Å². The zero-order chi connectivity index (χ0) is 19.1. The van der Waals surface area contributed by atoms with E-state index in [-0.39, 0.29) is 54.3 Å². The van der Waals surface area contributed by atoms with E-state index >= 15 is 0 Å². The second kappa shape index (κ2) is 12.0. The van der Waals surface area contributed by atoms with Crippen LogP contribution in [0, 0.1) is 5.82 Å². The fourth-order valence-electron chi connectivity index (χ4n) is 3.42. The summed E-state index contributed by atoms with van der Waals surface area (Å²) in [5.41, 5.74) is 2.54. The van der Waals surface area contributed by atoms with Gasteiger partial charge in [0.2, 0.25) is 0 Å². The number of ether oxygens (including phenoxy) is 1. The van der Waals surface area contributed by atoms with Gasteiger partial charge in [0.1, 0.15) is 5.82 Å². The Kier molecular flexibility index (Phi) is 10.8. The molecule has 0 bridgehead atoms. The summed E-state index contributed by atoms with van der Waals surface area (Å²) < 4.78 is 19.9. The third-order valence-corrected chi connectivity index (χ3v) is 4.83. The number of carbonyl (C=O) groups excluding carboxylic acids is 1. The molecule has 2 rings (SSSR count). The van der Waals surface area contributed by atoms with Gasteiger partial charge in [-0.1, -0.05) is 23.8 Å². The number of aliphatic carboxylic acids is 1. The van der Waals surface area contributed by atoms with Gasteiger partial charge >= 0.3 is 29.6 Å². The molecular formula is C21H29FNNaO3. The summed E-state index contributed by atoms with van der Waals surface area (Å²) in [4.78, 5) is 12.9. The van der Waals surface area contributed by atoms with E-state index in [4.69, 9.17) is 4.74 Å². The van der Waals surface area contributed by atoms with Gasteiger partial charge in [-0.15, -0.1) is 0 Å². The molecule has 1 heterocycles. The molecule has 0 saturated heterocycles. The first-order valence-corrected chi connectivity index (χ1v) is 9.34. The smallest absolute Gasteiger partial charge is 0.550 e. The van der Waals surface area contributed by atoms with E-state index in [0.717, 1.165) is 24.9 Å². The maximum absolute atomic E-state index is 14.1. The number of hydrogen-bond donors (Lipinski definition) is 0. The van der Waals surface area contributed by atoms with Crippen molar-refractivity contribution in [3.8, 4) is 0 Å². The van der Waals surface area contributed by atoms with Crippen LogP contribution in [0.4, 0.5) is 4.39 Å². The Labute approximate surface area is 184 Å². The normalized spacial score (nSPS) is 18.0. The zero-order valence-electron chi connectivity index (χ0n) is 17.0. The molecule has 27 heavy (non-hydrogen) atoms. The van der Waals surface area contributed by atoms with Crippen molar-refractivity contribution >= 4 is 5.97 Å². The van der Waals surface area contributed by atoms with Gasteiger partial charge in [-0.25, -0.2) is 4.39 Å². The van der Waals surface area contributed by atoms with Crippen LogP contribution < -0.4 is 34.7 Å². The van der Waals surface area contributed by atoms with Crippen molar-refractivity contribution in [3.05, 3.63) is 46.8 Å². The van der Waals surface area contributed by atoms with E-state index in [1.54, 1.807) is 12.1 Å². The molecule has 1 aromatic rings. The Morgan fingerprint density at radius 1 is 1.41 bits per heavy atom. The van der Waals surface area contributed by atoms with Crippen LogP contribution in [0.1, 0.15) is 51.2 Å². The molecule has 0 amide bonds. The SMILES string of the molecule is CC1=CC(COCc2ccc(CCC(=O)[O-])c(F)c2)N(C(C)C)CCC1.[Na+]. The minimum absolute atomic E-state index is 0. The Hall–Kier alpha value is -0.720. The van der Waals surface area contributed by atoms with Crippen molar-refractivity contribution < 1.29 is 48.6 Å². The van der Waals surface area contributed by atoms with E-state index in [1.165, 1.54) is 11.6 Å². The van der Waals surface area contributed by atoms with E-state index in [9.17, 15) is 14.3 Å². The van der Waals surface area contributed by atoms with Gasteiger partial charge < -0.3 is 14.6 Å². The Balaban J connectivity index is 0.00000364. The van der Waals surface area contributed by atoms with E-state index in [2.05, 4.69) is 31.7 Å². The van der Waals surface area contributed by atoms with E-state index in [1.807, 2.05) is 0 Å². The summed E-state index contributed by atoms with van der Waals surface area (Å²) in [6, 6.07) is 5.55. The molecule has 0 radical (unpaired) electrons. The molecule has 1 aromatic carbocycles. The van der Waals surface area contributed by atoms with Crippen LogP contribution >= 0.6 is 0 Å². The number of rotatable bonds is 8. The fraction of sp³-hybridized carbons (Fsp3) is 0.571. The molecule has 6 heteroatoms. The standard InChI is InChI=1S/C21H30FNO3.Na/c1-15(2)23-10-4-5-16(3)11-19(23)14-26-13-17-6-7-18(20(22)12-17)8-9-21(24)25;/h6-7,11-12,15,19H,4-5,8-10,13-14H2,1-3H3,(H,24,25);/q;+1/p-1. The van der Waals surface area contributed by atoms with Gasteiger partial charge in [0, 0.05) is 12.0 Å². The van der Waals surface area contributed by atoms with Crippen molar-refractivity contribution in [3.63, 3.8) is 0 Å². The third-order valence-electron chi connectivity index (χ3n) is 4.83. The molecule has 0 aliphatic carbocycles. The average molecular weight is 385 g/mol. The minimum Gasteiger partial charge on any atom is -0.550 e. The molecule has 0 fully saturated rings. The minimum atomic E-state index is -1.17. The van der Waals surface area contributed by atoms with Gasteiger partial charge in [0.05, 0.1) is 19.3 Å². The average Bonchev–Trinajstić information content (AvgIpc) is 2.75. The largest absolute Gasteiger partial charge is 1.00 e. The number of nitrogens with zero attached hydrogens (tertiary/aromatic N) is 1. The second-order valence-electron chi connectivity index (χ2n) is 7.33. The van der Waals surface area contributed by atoms with Crippen LogP contribution in [0.25, 0.3) is 0 Å². The van der Waals surface area contributed by atoms with E-state index < -0.39 is 5.97 Å². The molecule has 0 saturated carbocycles. The van der Waals surface area contributed by atoms with Gasteiger partial charge in [-0.2, -0.15) is 0 Å². The first-order chi connectivity index (χ1) is 12.4. The molecule has 1 aliphatic rings. The van der Waals surface area contributed by atoms with Crippen molar-refractivity contribution in [2.45, 2.75) is 65.1 Å². The number of carboxylic acid groups (broad SMARTS) is 1. The van der Waals surface area contributed by atoms with E-state index in [0.29, 0.717) is 24.8 Å². The Bertz CT molecular complexity index is 648. The van der Waals surface area contributed by atoms with Gasteiger partial charge in [-0.05, 0) is 70.2 Å². The number of carboxylic acids is 1. The number of carbonyl (C=O) groups is 1. The van der Waals surface area contributed by atoms with Crippen molar-refractivity contribution in [2.75, 3.05) is 13.2 Å². The number of aryl methyl sites for hydroxylation is 1. The predicted octanol–water partition coefficient (Wildman–Crippen LogP) is -0.152. The van der Waals surface area contributed by atoms with Crippen LogP contribution in [0.2, 0.25) is 0 Å². The second-order valence-corrected chi connectivity index (χ2v) is 7.33. The molecule has 0 aromatic heterocycles. The van der Waals surface area contributed by atoms with Crippen LogP contribution in [-0.4, -0.2) is 36.1 Å². The quantitative estimate of drug-likeness (QED) is 0.461. The first-order valence-electron chi connectivity index (χ1n) is 9.34. The summed E-state index contributed by atoms with van der Waals surface area (Å²) in [7, 11) is 0. The van der Waals surface area contributed by atoms with Gasteiger partial charge in [-0.3, -0.25) is 4.90 Å². The van der Waals surface area contributed by atoms with Crippen molar-refractivity contribution in [2.24, 2.45) is 0 Å². The molecule has 4 nitrogen and oxygen atoms in total. The van der Waals surface area contributed by atoms with Crippen molar-refractivity contribution in [1.29, 1.82) is 0 Å². The number of hydrogen-bond acceptors (Lipinski definition) is 4. The molecule has 0 N–H and O–H groups in total. The number of benzene rings is 1. The molecular weight excluding hydrogens is 356 g/mol. The first kappa shape index (κ1) is 24.3. The summed E-state index contributed by atoms with van der Waals surface area (Å²) in [6.45, 7) is 8.53. The number of halogens is 1. The third kappa shape index (κ3) is 8.04. The topological polar surface area (TPSA) is 52.6 Å². The zero-order valence-corrected chi connectivity index (χ0v) is 19.0. The van der Waals surface area contributed by atoms with Crippen LogP contribution in [0.15, 0.2) is 29.8 Å². The molecule has 1 unspecified atom stereocenters. The Morgan fingerprint density at radius 3 is 2.78 bits per heavy atom. The monoisotopic (exact) mass is 385 g/mol. The molecule has 0 spiro atoms. The summed E-state index contributed by atoms with van der Waals surface area (Å²) in [5, 5.41) is 10.5. The number of allylic oxidation sites excluding steroid dienone is 1. The fourth-order valence-corrected chi connectivity index (χ4v) is 3.42. The maximum Gasteiger partial charge on any atom is 1.00 e. The summed E-state index contributed by atoms with van der Waals surface area (Å²) in [6.07, 6.45) is 4.54. The summed E-state index contributed by atoms with van der Waals surface area (Å²) in [5.74, 6) is -1.56. The van der Waals surface area contributed by atoms with Crippen molar-refractivity contribution in [1.82, 2.24) is 4.90 Å².